The van der Waals surface area contributed by atoms with Crippen molar-refractivity contribution < 1.29 is 14.3 Å². The minimum atomic E-state index is -0.606. The Kier molecular flexibility index (Phi) is 7.59. The highest BCUT2D eigenvalue weighted by molar-refractivity contribution is 7.07. The SMILES string of the molecule is CCOC(=O)C1=C(C)N=c2s/c(=C\c3ccc(OC(C)C)cc3)c(=O)n2[C@H]1c1ccc(C(C)C)cc1. The van der Waals surface area contributed by atoms with Crippen molar-refractivity contribution in [2.75, 3.05) is 6.61 Å². The van der Waals surface area contributed by atoms with E-state index in [0.717, 1.165) is 16.9 Å². The largest absolute Gasteiger partial charge is 0.491 e. The molecule has 0 amide bonds. The molecule has 36 heavy (non-hydrogen) atoms. The summed E-state index contributed by atoms with van der Waals surface area (Å²) in [6.45, 7) is 12.0. The Bertz CT molecular complexity index is 1460. The standard InChI is InChI=1S/C29H32N2O4S/c1-7-34-28(33)25-19(6)30-29-31(26(25)22-12-10-21(11-13-22)17(2)3)27(32)24(36-29)16-20-8-14-23(15-9-20)35-18(4)5/h8-18,26H,7H2,1-6H3/b24-16-/t26-/m0/s1. The van der Waals surface area contributed by atoms with Crippen molar-refractivity contribution in [3.05, 3.63) is 96.2 Å². The molecular weight excluding hydrogens is 472 g/mol. The van der Waals surface area contributed by atoms with Crippen LogP contribution < -0.4 is 19.6 Å². The van der Waals surface area contributed by atoms with Gasteiger partial charge in [0.25, 0.3) is 5.56 Å². The summed E-state index contributed by atoms with van der Waals surface area (Å²) in [5.41, 5.74) is 3.69. The first-order chi connectivity index (χ1) is 17.2. The van der Waals surface area contributed by atoms with Gasteiger partial charge < -0.3 is 9.47 Å². The van der Waals surface area contributed by atoms with Gasteiger partial charge in [-0.3, -0.25) is 9.36 Å². The normalized spacial score (nSPS) is 15.8. The van der Waals surface area contributed by atoms with E-state index in [1.165, 1.54) is 16.9 Å². The summed E-state index contributed by atoms with van der Waals surface area (Å²) in [5, 5.41) is 0. The molecule has 4 rings (SSSR count). The summed E-state index contributed by atoms with van der Waals surface area (Å²) in [6.07, 6.45) is 1.94. The first-order valence-corrected chi connectivity index (χ1v) is 13.1. The van der Waals surface area contributed by atoms with Crippen LogP contribution in [0, 0.1) is 0 Å². The van der Waals surface area contributed by atoms with Crippen molar-refractivity contribution >= 4 is 23.4 Å². The molecule has 0 bridgehead atoms. The highest BCUT2D eigenvalue weighted by Gasteiger charge is 2.33. The van der Waals surface area contributed by atoms with Gasteiger partial charge in [-0.1, -0.05) is 61.6 Å². The Morgan fingerprint density at radius 1 is 1.08 bits per heavy atom. The minimum Gasteiger partial charge on any atom is -0.491 e. The summed E-state index contributed by atoms with van der Waals surface area (Å²) in [4.78, 5) is 31.9. The van der Waals surface area contributed by atoms with Crippen molar-refractivity contribution in [1.29, 1.82) is 0 Å². The maximum atomic E-state index is 13.7. The van der Waals surface area contributed by atoms with Gasteiger partial charge in [0.05, 0.1) is 34.6 Å². The van der Waals surface area contributed by atoms with Crippen molar-refractivity contribution in [2.24, 2.45) is 4.99 Å². The van der Waals surface area contributed by atoms with Crippen LogP contribution in [0.3, 0.4) is 0 Å². The molecule has 2 aromatic carbocycles. The van der Waals surface area contributed by atoms with Gasteiger partial charge in [-0.25, -0.2) is 9.79 Å². The Morgan fingerprint density at radius 3 is 2.33 bits per heavy atom. The molecule has 0 saturated heterocycles. The van der Waals surface area contributed by atoms with Crippen LogP contribution in [0.15, 0.2) is 69.6 Å². The maximum absolute atomic E-state index is 13.7. The number of carbonyl (C=O) groups is 1. The van der Waals surface area contributed by atoms with E-state index in [0.29, 0.717) is 26.5 Å². The second-order valence-corrected chi connectivity index (χ2v) is 10.4. The number of thiazole rings is 1. The zero-order valence-corrected chi connectivity index (χ0v) is 22.4. The Morgan fingerprint density at radius 2 is 1.75 bits per heavy atom. The van der Waals surface area contributed by atoms with Crippen LogP contribution in [0.2, 0.25) is 0 Å². The van der Waals surface area contributed by atoms with E-state index < -0.39 is 12.0 Å². The van der Waals surface area contributed by atoms with Crippen LogP contribution in [-0.4, -0.2) is 23.2 Å². The van der Waals surface area contributed by atoms with E-state index in [-0.39, 0.29) is 18.3 Å². The highest BCUT2D eigenvalue weighted by Crippen LogP contribution is 2.31. The fourth-order valence-corrected chi connectivity index (χ4v) is 5.28. The number of fused-ring (bicyclic) bond motifs is 1. The fraction of sp³-hybridized carbons (Fsp3) is 0.345. The molecule has 1 aliphatic rings. The third-order valence-corrected chi connectivity index (χ3v) is 6.97. The molecule has 1 aliphatic heterocycles. The van der Waals surface area contributed by atoms with Crippen LogP contribution in [-0.2, 0) is 9.53 Å². The molecule has 0 unspecified atom stereocenters. The van der Waals surface area contributed by atoms with Gasteiger partial charge in [0.2, 0.25) is 0 Å². The van der Waals surface area contributed by atoms with Gasteiger partial charge in [0, 0.05) is 0 Å². The van der Waals surface area contributed by atoms with Crippen LogP contribution in [0.4, 0.5) is 0 Å². The lowest BCUT2D eigenvalue weighted by molar-refractivity contribution is -0.139. The molecule has 2 heterocycles. The number of benzene rings is 2. The summed E-state index contributed by atoms with van der Waals surface area (Å²) < 4.78 is 13.3. The Balaban J connectivity index is 1.85. The van der Waals surface area contributed by atoms with Gasteiger partial charge in [-0.15, -0.1) is 0 Å². The summed E-state index contributed by atoms with van der Waals surface area (Å²) in [7, 11) is 0. The first-order valence-electron chi connectivity index (χ1n) is 12.3. The Hall–Kier alpha value is -3.45. The zero-order valence-electron chi connectivity index (χ0n) is 21.6. The molecule has 0 aliphatic carbocycles. The minimum absolute atomic E-state index is 0.0889. The van der Waals surface area contributed by atoms with Gasteiger partial charge >= 0.3 is 5.97 Å². The molecule has 188 valence electrons. The molecule has 0 N–H and O–H groups in total. The smallest absolute Gasteiger partial charge is 0.338 e. The van der Waals surface area contributed by atoms with Crippen LogP contribution >= 0.6 is 11.3 Å². The molecule has 0 saturated carbocycles. The number of hydrogen-bond donors (Lipinski definition) is 0. The molecule has 0 fully saturated rings. The third kappa shape index (κ3) is 5.21. The van der Waals surface area contributed by atoms with Crippen molar-refractivity contribution in [3.63, 3.8) is 0 Å². The summed E-state index contributed by atoms with van der Waals surface area (Å²) in [5.74, 6) is 0.704. The summed E-state index contributed by atoms with van der Waals surface area (Å²) >= 11 is 1.32. The zero-order chi connectivity index (χ0) is 26.0. The number of rotatable bonds is 7. The predicted octanol–water partition coefficient (Wildman–Crippen LogP) is 4.71. The van der Waals surface area contributed by atoms with Gasteiger partial charge in [-0.2, -0.15) is 0 Å². The number of esters is 1. The second kappa shape index (κ2) is 10.7. The van der Waals surface area contributed by atoms with Crippen molar-refractivity contribution in [2.45, 2.75) is 59.6 Å². The summed E-state index contributed by atoms with van der Waals surface area (Å²) in [6, 6.07) is 15.1. The average molecular weight is 505 g/mol. The van der Waals surface area contributed by atoms with E-state index >= 15 is 0 Å². The number of allylic oxidation sites excluding steroid dienone is 1. The molecule has 0 radical (unpaired) electrons. The lowest BCUT2D eigenvalue weighted by Gasteiger charge is -2.25. The fourth-order valence-electron chi connectivity index (χ4n) is 4.24. The number of aromatic nitrogens is 1. The van der Waals surface area contributed by atoms with Gasteiger partial charge in [-0.05, 0) is 68.5 Å². The topological polar surface area (TPSA) is 69.9 Å². The average Bonchev–Trinajstić information content (AvgIpc) is 3.13. The second-order valence-electron chi connectivity index (χ2n) is 9.36. The van der Waals surface area contributed by atoms with E-state index in [4.69, 9.17) is 9.47 Å². The number of hydrogen-bond acceptors (Lipinski definition) is 6. The lowest BCUT2D eigenvalue weighted by atomic mass is 9.93. The van der Waals surface area contributed by atoms with Crippen molar-refractivity contribution in [1.82, 2.24) is 4.57 Å². The monoisotopic (exact) mass is 504 g/mol. The molecule has 1 atom stereocenters. The third-order valence-electron chi connectivity index (χ3n) is 5.99. The van der Waals surface area contributed by atoms with Crippen LogP contribution in [0.1, 0.15) is 70.2 Å². The maximum Gasteiger partial charge on any atom is 0.338 e. The quantitative estimate of drug-likeness (QED) is 0.437. The molecule has 0 spiro atoms. The van der Waals surface area contributed by atoms with E-state index in [1.807, 2.05) is 56.3 Å². The molecular formula is C29H32N2O4S. The first kappa shape index (κ1) is 25.6. The van der Waals surface area contributed by atoms with Gasteiger partial charge in [0.1, 0.15) is 5.75 Å². The van der Waals surface area contributed by atoms with E-state index in [1.54, 1.807) is 18.4 Å². The van der Waals surface area contributed by atoms with E-state index in [9.17, 15) is 9.59 Å². The molecule has 6 nitrogen and oxygen atoms in total. The van der Waals surface area contributed by atoms with Crippen LogP contribution in [0.5, 0.6) is 5.75 Å². The number of carbonyl (C=O) groups excluding carboxylic acids is 1. The predicted molar refractivity (Wildman–Crippen MR) is 143 cm³/mol. The van der Waals surface area contributed by atoms with Gasteiger partial charge in [0.15, 0.2) is 4.80 Å². The molecule has 7 heteroatoms. The lowest BCUT2D eigenvalue weighted by Crippen LogP contribution is -2.39. The van der Waals surface area contributed by atoms with Crippen molar-refractivity contribution in [3.8, 4) is 5.75 Å². The van der Waals surface area contributed by atoms with Crippen LogP contribution in [0.25, 0.3) is 6.08 Å². The highest BCUT2D eigenvalue weighted by atomic mass is 32.1. The number of nitrogens with zero attached hydrogens (tertiary/aromatic N) is 2. The molecule has 1 aromatic heterocycles. The number of ether oxygens (including phenoxy) is 2. The van der Waals surface area contributed by atoms with E-state index in [2.05, 4.69) is 31.0 Å². The molecule has 3 aromatic rings. The Labute approximate surface area is 215 Å².